The number of nitrogens with one attached hydrogen (secondary N) is 1. The zero-order valence-corrected chi connectivity index (χ0v) is 14.4. The molecule has 7 heteroatoms. The van der Waals surface area contributed by atoms with Crippen molar-refractivity contribution >= 4 is 28.2 Å². The third kappa shape index (κ3) is 4.37. The molecule has 1 saturated heterocycles. The van der Waals surface area contributed by atoms with Gasteiger partial charge in [0.2, 0.25) is 5.91 Å². The number of likely N-dealkylation sites (N-methyl/N-ethyl adjacent to an activating group) is 1. The van der Waals surface area contributed by atoms with Crippen LogP contribution in [-0.2, 0) is 4.79 Å². The summed E-state index contributed by atoms with van der Waals surface area (Å²) in [7, 11) is 3.51. The van der Waals surface area contributed by atoms with Gasteiger partial charge in [-0.25, -0.2) is 4.99 Å². The van der Waals surface area contributed by atoms with Crippen molar-refractivity contribution in [3.8, 4) is 0 Å². The van der Waals surface area contributed by atoms with E-state index in [-0.39, 0.29) is 12.5 Å². The van der Waals surface area contributed by atoms with Crippen molar-refractivity contribution in [2.24, 2.45) is 4.99 Å². The topological polar surface area (TPSA) is 51.2 Å². The predicted octanol–water partition coefficient (Wildman–Crippen LogP) is 0.924. The summed E-state index contributed by atoms with van der Waals surface area (Å²) in [6, 6.07) is 4.25. The van der Waals surface area contributed by atoms with E-state index in [2.05, 4.69) is 37.6 Å². The van der Waals surface area contributed by atoms with Gasteiger partial charge in [-0.15, -0.1) is 11.3 Å². The van der Waals surface area contributed by atoms with Crippen molar-refractivity contribution in [2.75, 3.05) is 58.3 Å². The normalized spacial score (nSPS) is 15.9. The Kier molecular flexibility index (Phi) is 6.06. The number of hydrogen-bond donors (Lipinski definition) is 1. The molecule has 22 heavy (non-hydrogen) atoms. The molecule has 0 aromatic carbocycles. The van der Waals surface area contributed by atoms with Crippen LogP contribution in [0.3, 0.4) is 0 Å². The summed E-state index contributed by atoms with van der Waals surface area (Å²) >= 11 is 1.78. The Morgan fingerprint density at radius 3 is 2.64 bits per heavy atom. The Balaban J connectivity index is 1.93. The molecule has 1 aliphatic rings. The minimum absolute atomic E-state index is 0.0209. The van der Waals surface area contributed by atoms with E-state index in [0.717, 1.165) is 38.7 Å². The number of piperazine rings is 1. The van der Waals surface area contributed by atoms with Crippen molar-refractivity contribution < 1.29 is 4.79 Å². The molecule has 0 aliphatic carbocycles. The van der Waals surface area contributed by atoms with Gasteiger partial charge in [0, 0.05) is 46.8 Å². The molecule has 1 fully saturated rings. The molecular formula is C15H25N5OS. The number of carbonyl (C=O) groups is 1. The molecule has 1 aromatic heterocycles. The van der Waals surface area contributed by atoms with Gasteiger partial charge < -0.3 is 20.0 Å². The van der Waals surface area contributed by atoms with Crippen LogP contribution >= 0.6 is 11.3 Å². The minimum atomic E-state index is 0.0209. The Morgan fingerprint density at radius 1 is 1.36 bits per heavy atom. The van der Waals surface area contributed by atoms with Gasteiger partial charge >= 0.3 is 0 Å². The number of nitrogens with zero attached hydrogens (tertiary/aromatic N) is 4. The number of rotatable bonds is 4. The van der Waals surface area contributed by atoms with Crippen molar-refractivity contribution in [1.29, 1.82) is 0 Å². The van der Waals surface area contributed by atoms with Crippen molar-refractivity contribution in [2.45, 2.75) is 6.92 Å². The molecule has 1 amide bonds. The van der Waals surface area contributed by atoms with Gasteiger partial charge in [0.05, 0.1) is 5.00 Å². The van der Waals surface area contributed by atoms with Crippen molar-refractivity contribution in [3.63, 3.8) is 0 Å². The van der Waals surface area contributed by atoms with E-state index in [0.29, 0.717) is 0 Å². The summed E-state index contributed by atoms with van der Waals surface area (Å²) < 4.78 is 0. The molecule has 122 valence electrons. The van der Waals surface area contributed by atoms with Gasteiger partial charge in [0.25, 0.3) is 0 Å². The summed E-state index contributed by atoms with van der Waals surface area (Å²) in [5, 5.41) is 6.72. The maximum atomic E-state index is 11.7. The highest BCUT2D eigenvalue weighted by atomic mass is 32.1. The lowest BCUT2D eigenvalue weighted by atomic mass is 10.3. The van der Waals surface area contributed by atoms with Gasteiger partial charge in [-0.05, 0) is 24.4 Å². The minimum Gasteiger partial charge on any atom is -0.360 e. The first-order valence-corrected chi connectivity index (χ1v) is 8.51. The number of guanidine groups is 1. The number of anilines is 1. The number of aliphatic imine (C=N–C) groups is 1. The first-order valence-electron chi connectivity index (χ1n) is 7.63. The summed E-state index contributed by atoms with van der Waals surface area (Å²) in [6.07, 6.45) is 0. The van der Waals surface area contributed by atoms with E-state index < -0.39 is 0 Å². The molecule has 0 unspecified atom stereocenters. The lowest BCUT2D eigenvalue weighted by molar-refractivity contribution is -0.127. The molecule has 0 radical (unpaired) electrons. The highest BCUT2D eigenvalue weighted by Gasteiger charge is 2.20. The van der Waals surface area contributed by atoms with Crippen LogP contribution in [0.25, 0.3) is 0 Å². The Bertz CT molecular complexity index is 492. The van der Waals surface area contributed by atoms with E-state index in [1.807, 2.05) is 6.92 Å². The fraction of sp³-hybridized carbons (Fsp3) is 0.600. The lowest BCUT2D eigenvalue weighted by Gasteiger charge is -2.37. The van der Waals surface area contributed by atoms with E-state index in [1.165, 1.54) is 5.00 Å². The Morgan fingerprint density at radius 2 is 2.09 bits per heavy atom. The third-order valence-electron chi connectivity index (χ3n) is 3.59. The van der Waals surface area contributed by atoms with E-state index in [9.17, 15) is 4.79 Å². The van der Waals surface area contributed by atoms with Gasteiger partial charge in [-0.3, -0.25) is 4.79 Å². The standard InChI is InChI=1S/C15H25N5OS/c1-4-16-15(17-12-13(21)18(2)3)20-9-7-19(8-10-20)14-6-5-11-22-14/h5-6,11H,4,7-10,12H2,1-3H3,(H,16,17). The zero-order valence-electron chi connectivity index (χ0n) is 13.6. The zero-order chi connectivity index (χ0) is 15.9. The molecule has 1 aliphatic heterocycles. The average molecular weight is 323 g/mol. The lowest BCUT2D eigenvalue weighted by Crippen LogP contribution is -2.52. The summed E-state index contributed by atoms with van der Waals surface area (Å²) in [5.74, 6) is 0.858. The SMILES string of the molecule is CCNC(=NCC(=O)N(C)C)N1CCN(c2cccs2)CC1. The summed E-state index contributed by atoms with van der Waals surface area (Å²) in [4.78, 5) is 22.4. The Hall–Kier alpha value is -1.76. The summed E-state index contributed by atoms with van der Waals surface area (Å²) in [6.45, 7) is 6.84. The number of hydrogen-bond acceptors (Lipinski definition) is 4. The van der Waals surface area contributed by atoms with Crippen LogP contribution in [-0.4, -0.2) is 75.0 Å². The molecule has 0 saturated carbocycles. The first-order chi connectivity index (χ1) is 10.6. The molecule has 2 rings (SSSR count). The molecule has 0 atom stereocenters. The van der Waals surface area contributed by atoms with Gasteiger partial charge in [0.1, 0.15) is 6.54 Å². The second-order valence-corrected chi connectivity index (χ2v) is 6.31. The quantitative estimate of drug-likeness (QED) is 0.661. The van der Waals surface area contributed by atoms with Gasteiger partial charge in [-0.2, -0.15) is 0 Å². The Labute approximate surface area is 136 Å². The van der Waals surface area contributed by atoms with Crippen LogP contribution in [0.4, 0.5) is 5.00 Å². The largest absolute Gasteiger partial charge is 0.360 e. The predicted molar refractivity (Wildman–Crippen MR) is 92.8 cm³/mol. The molecule has 1 aromatic rings. The second-order valence-electron chi connectivity index (χ2n) is 5.38. The first kappa shape index (κ1) is 16.6. The fourth-order valence-corrected chi connectivity index (χ4v) is 3.08. The smallest absolute Gasteiger partial charge is 0.243 e. The second kappa shape index (κ2) is 8.03. The fourth-order valence-electron chi connectivity index (χ4n) is 2.30. The number of amides is 1. The molecule has 2 heterocycles. The van der Waals surface area contributed by atoms with E-state index in [1.54, 1.807) is 30.3 Å². The summed E-state index contributed by atoms with van der Waals surface area (Å²) in [5.41, 5.74) is 0. The number of carbonyl (C=O) groups excluding carboxylic acids is 1. The maximum Gasteiger partial charge on any atom is 0.243 e. The third-order valence-corrected chi connectivity index (χ3v) is 4.52. The highest BCUT2D eigenvalue weighted by molar-refractivity contribution is 7.14. The molecular weight excluding hydrogens is 298 g/mol. The van der Waals surface area contributed by atoms with Crippen LogP contribution in [0.1, 0.15) is 6.92 Å². The van der Waals surface area contributed by atoms with Gasteiger partial charge in [0.15, 0.2) is 5.96 Å². The van der Waals surface area contributed by atoms with Crippen LogP contribution in [0, 0.1) is 0 Å². The van der Waals surface area contributed by atoms with E-state index in [4.69, 9.17) is 0 Å². The van der Waals surface area contributed by atoms with E-state index >= 15 is 0 Å². The molecule has 6 nitrogen and oxygen atoms in total. The van der Waals surface area contributed by atoms with Gasteiger partial charge in [-0.1, -0.05) is 0 Å². The molecule has 1 N–H and O–H groups in total. The van der Waals surface area contributed by atoms with Crippen LogP contribution in [0.5, 0.6) is 0 Å². The van der Waals surface area contributed by atoms with Crippen LogP contribution in [0.2, 0.25) is 0 Å². The van der Waals surface area contributed by atoms with Crippen LogP contribution in [0.15, 0.2) is 22.5 Å². The van der Waals surface area contributed by atoms with Crippen molar-refractivity contribution in [1.82, 2.24) is 15.1 Å². The molecule has 0 spiro atoms. The maximum absolute atomic E-state index is 11.7. The van der Waals surface area contributed by atoms with Crippen molar-refractivity contribution in [3.05, 3.63) is 17.5 Å². The van der Waals surface area contributed by atoms with Crippen LogP contribution < -0.4 is 10.2 Å². The highest BCUT2D eigenvalue weighted by Crippen LogP contribution is 2.22. The number of thiophene rings is 1. The molecule has 0 bridgehead atoms. The monoisotopic (exact) mass is 323 g/mol. The average Bonchev–Trinajstić information content (AvgIpc) is 3.05.